The van der Waals surface area contributed by atoms with Gasteiger partial charge in [-0.1, -0.05) is 18.2 Å². The molecule has 1 aromatic carbocycles. The number of aliphatic hydroxyl groups excluding tert-OH is 1. The molecular formula is C14H17N3O. The molecule has 18 heavy (non-hydrogen) atoms. The van der Waals surface area contributed by atoms with Crippen LogP contribution in [0.5, 0.6) is 0 Å². The fraction of sp³-hybridized carbons (Fsp3) is 0.357. The minimum Gasteiger partial charge on any atom is -0.386 e. The molecule has 1 aliphatic rings. The maximum absolute atomic E-state index is 10.4. The summed E-state index contributed by atoms with van der Waals surface area (Å²) in [6.07, 6.45) is 5.03. The first-order valence-electron chi connectivity index (χ1n) is 6.25. The molecule has 0 saturated carbocycles. The molecule has 0 bridgehead atoms. The molecule has 0 fully saturated rings. The highest BCUT2D eigenvalue weighted by molar-refractivity contribution is 5.54. The molecule has 94 valence electrons. The minimum atomic E-state index is -0.507. The van der Waals surface area contributed by atoms with E-state index in [-0.39, 0.29) is 6.04 Å². The van der Waals surface area contributed by atoms with Crippen LogP contribution in [0, 0.1) is 0 Å². The van der Waals surface area contributed by atoms with E-state index in [1.54, 1.807) is 10.9 Å². The Morgan fingerprint density at radius 2 is 2.28 bits per heavy atom. The Morgan fingerprint density at radius 3 is 3.06 bits per heavy atom. The highest BCUT2D eigenvalue weighted by Crippen LogP contribution is 2.30. The number of rotatable bonds is 2. The molecule has 2 aromatic rings. The van der Waals surface area contributed by atoms with Gasteiger partial charge in [-0.2, -0.15) is 5.10 Å². The third-order valence-electron chi connectivity index (χ3n) is 3.53. The van der Waals surface area contributed by atoms with E-state index in [4.69, 9.17) is 0 Å². The van der Waals surface area contributed by atoms with Gasteiger partial charge in [-0.3, -0.25) is 4.68 Å². The third kappa shape index (κ3) is 1.99. The predicted octanol–water partition coefficient (Wildman–Crippen LogP) is 1.88. The van der Waals surface area contributed by atoms with E-state index in [9.17, 15) is 5.11 Å². The summed E-state index contributed by atoms with van der Waals surface area (Å²) in [6.45, 7) is 0. The number of fused-ring (bicyclic) bond motifs is 1. The number of hydrogen-bond acceptors (Lipinski definition) is 3. The topological polar surface area (TPSA) is 50.1 Å². The molecule has 0 amide bonds. The lowest BCUT2D eigenvalue weighted by Gasteiger charge is -2.30. The van der Waals surface area contributed by atoms with Crippen molar-refractivity contribution in [3.8, 4) is 0 Å². The lowest BCUT2D eigenvalue weighted by atomic mass is 9.93. The van der Waals surface area contributed by atoms with Crippen molar-refractivity contribution in [3.05, 3.63) is 47.8 Å². The van der Waals surface area contributed by atoms with Crippen LogP contribution in [0.1, 0.15) is 23.7 Å². The maximum Gasteiger partial charge on any atom is 0.102 e. The maximum atomic E-state index is 10.4. The van der Waals surface area contributed by atoms with Crippen molar-refractivity contribution in [2.45, 2.75) is 25.0 Å². The summed E-state index contributed by atoms with van der Waals surface area (Å²) < 4.78 is 1.72. The highest BCUT2D eigenvalue weighted by Gasteiger charge is 2.25. The lowest BCUT2D eigenvalue weighted by molar-refractivity contribution is 0.149. The molecule has 1 aromatic heterocycles. The average molecular weight is 243 g/mol. The van der Waals surface area contributed by atoms with E-state index in [1.165, 1.54) is 5.56 Å². The molecule has 2 N–H and O–H groups in total. The van der Waals surface area contributed by atoms with Crippen LogP contribution in [-0.2, 0) is 13.5 Å². The van der Waals surface area contributed by atoms with Crippen LogP contribution in [0.3, 0.4) is 0 Å². The van der Waals surface area contributed by atoms with Crippen molar-refractivity contribution in [3.63, 3.8) is 0 Å². The minimum absolute atomic E-state index is 0.0594. The van der Waals surface area contributed by atoms with E-state index in [1.807, 2.05) is 19.3 Å². The van der Waals surface area contributed by atoms with Crippen molar-refractivity contribution < 1.29 is 5.11 Å². The number of aryl methyl sites for hydroxylation is 2. The quantitative estimate of drug-likeness (QED) is 0.846. The largest absolute Gasteiger partial charge is 0.386 e. The first-order valence-corrected chi connectivity index (χ1v) is 6.25. The molecule has 2 heterocycles. The van der Waals surface area contributed by atoms with Crippen molar-refractivity contribution in [2.24, 2.45) is 7.05 Å². The molecular weight excluding hydrogens is 226 g/mol. The second-order valence-electron chi connectivity index (χ2n) is 4.84. The molecule has 2 unspecified atom stereocenters. The molecule has 4 heteroatoms. The van der Waals surface area contributed by atoms with Crippen LogP contribution >= 0.6 is 0 Å². The standard InChI is InChI=1S/C14H17N3O/c1-17-9-11(8-15-17)14(18)13-7-6-10-4-2-3-5-12(10)16-13/h2-5,8-9,13-14,16,18H,6-7H2,1H3. The molecule has 0 saturated heterocycles. The number of nitrogens with zero attached hydrogens (tertiary/aromatic N) is 2. The summed E-state index contributed by atoms with van der Waals surface area (Å²) in [5.74, 6) is 0. The number of para-hydroxylation sites is 1. The second kappa shape index (κ2) is 4.46. The molecule has 4 nitrogen and oxygen atoms in total. The molecule has 3 rings (SSSR count). The van der Waals surface area contributed by atoms with Gasteiger partial charge in [0, 0.05) is 24.5 Å². The molecule has 0 spiro atoms. The van der Waals surface area contributed by atoms with Crippen LogP contribution in [0.15, 0.2) is 36.7 Å². The molecule has 0 radical (unpaired) electrons. The monoisotopic (exact) mass is 243 g/mol. The fourth-order valence-corrected chi connectivity index (χ4v) is 2.52. The number of hydrogen-bond donors (Lipinski definition) is 2. The van der Waals surface area contributed by atoms with Crippen LogP contribution < -0.4 is 5.32 Å². The summed E-state index contributed by atoms with van der Waals surface area (Å²) in [4.78, 5) is 0. The molecule has 1 aliphatic heterocycles. The van der Waals surface area contributed by atoms with E-state index in [0.29, 0.717) is 0 Å². The number of anilines is 1. The van der Waals surface area contributed by atoms with Crippen molar-refractivity contribution in [2.75, 3.05) is 5.32 Å². The zero-order chi connectivity index (χ0) is 12.5. The van der Waals surface area contributed by atoms with Crippen LogP contribution in [-0.4, -0.2) is 20.9 Å². The zero-order valence-electron chi connectivity index (χ0n) is 10.4. The van der Waals surface area contributed by atoms with Crippen molar-refractivity contribution in [1.82, 2.24) is 9.78 Å². The van der Waals surface area contributed by atoms with Gasteiger partial charge in [0.15, 0.2) is 0 Å². The first kappa shape index (κ1) is 11.3. The zero-order valence-corrected chi connectivity index (χ0v) is 10.4. The number of aromatic nitrogens is 2. The van der Waals surface area contributed by atoms with Gasteiger partial charge in [0.05, 0.1) is 12.2 Å². The van der Waals surface area contributed by atoms with Gasteiger partial charge < -0.3 is 10.4 Å². The highest BCUT2D eigenvalue weighted by atomic mass is 16.3. The Labute approximate surface area is 106 Å². The average Bonchev–Trinajstić information content (AvgIpc) is 2.84. The third-order valence-corrected chi connectivity index (χ3v) is 3.53. The number of nitrogens with one attached hydrogen (secondary N) is 1. The Hall–Kier alpha value is -1.81. The van der Waals surface area contributed by atoms with Crippen LogP contribution in [0.4, 0.5) is 5.69 Å². The van der Waals surface area contributed by atoms with Crippen LogP contribution in [0.25, 0.3) is 0 Å². The van der Waals surface area contributed by atoms with E-state index in [0.717, 1.165) is 24.1 Å². The van der Waals surface area contributed by atoms with Crippen molar-refractivity contribution in [1.29, 1.82) is 0 Å². The second-order valence-corrected chi connectivity index (χ2v) is 4.84. The van der Waals surface area contributed by atoms with E-state index in [2.05, 4.69) is 28.6 Å². The summed E-state index contributed by atoms with van der Waals surface area (Å²) in [6, 6.07) is 8.33. The summed E-state index contributed by atoms with van der Waals surface area (Å²) in [5.41, 5.74) is 3.33. The molecule has 2 atom stereocenters. The Kier molecular flexibility index (Phi) is 2.80. The van der Waals surface area contributed by atoms with Gasteiger partial charge in [-0.15, -0.1) is 0 Å². The smallest absolute Gasteiger partial charge is 0.102 e. The SMILES string of the molecule is Cn1cc(C(O)C2CCc3ccccc3N2)cn1. The predicted molar refractivity (Wildman–Crippen MR) is 70.3 cm³/mol. The van der Waals surface area contributed by atoms with Gasteiger partial charge in [0.2, 0.25) is 0 Å². The fourth-order valence-electron chi connectivity index (χ4n) is 2.52. The lowest BCUT2D eigenvalue weighted by Crippen LogP contribution is -2.31. The van der Waals surface area contributed by atoms with E-state index >= 15 is 0 Å². The van der Waals surface area contributed by atoms with Gasteiger partial charge in [-0.25, -0.2) is 0 Å². The molecule has 0 aliphatic carbocycles. The summed E-state index contributed by atoms with van der Waals surface area (Å²) in [5, 5.41) is 17.9. The van der Waals surface area contributed by atoms with Gasteiger partial charge in [0.1, 0.15) is 6.10 Å². The van der Waals surface area contributed by atoms with Crippen LogP contribution in [0.2, 0.25) is 0 Å². The van der Waals surface area contributed by atoms with Crippen molar-refractivity contribution >= 4 is 5.69 Å². The van der Waals surface area contributed by atoms with Gasteiger partial charge in [0.25, 0.3) is 0 Å². The van der Waals surface area contributed by atoms with Gasteiger partial charge in [-0.05, 0) is 24.5 Å². The van der Waals surface area contributed by atoms with Gasteiger partial charge >= 0.3 is 0 Å². The first-order chi connectivity index (χ1) is 8.74. The Bertz CT molecular complexity index is 549. The number of aliphatic hydroxyl groups is 1. The normalized spacial score (nSPS) is 20.0. The number of benzene rings is 1. The Morgan fingerprint density at radius 1 is 1.44 bits per heavy atom. The Balaban J connectivity index is 1.79. The van der Waals surface area contributed by atoms with E-state index < -0.39 is 6.10 Å². The summed E-state index contributed by atoms with van der Waals surface area (Å²) in [7, 11) is 1.86. The summed E-state index contributed by atoms with van der Waals surface area (Å²) >= 11 is 0.